The van der Waals surface area contributed by atoms with Gasteiger partial charge in [0.2, 0.25) is 0 Å². The van der Waals surface area contributed by atoms with E-state index in [1.54, 1.807) is 7.11 Å². The average molecular weight is 376 g/mol. The molecule has 1 saturated heterocycles. The molecule has 26 heavy (non-hydrogen) atoms. The van der Waals surface area contributed by atoms with Crippen molar-refractivity contribution >= 4 is 11.6 Å². The zero-order valence-corrected chi connectivity index (χ0v) is 16.0. The smallest absolute Gasteiger partial charge is 0.123 e. The molecule has 0 N–H and O–H groups in total. The van der Waals surface area contributed by atoms with Crippen LogP contribution < -0.4 is 9.47 Å². The van der Waals surface area contributed by atoms with Crippen molar-refractivity contribution in [3.63, 3.8) is 0 Å². The summed E-state index contributed by atoms with van der Waals surface area (Å²) in [6, 6.07) is 13.8. The van der Waals surface area contributed by atoms with Gasteiger partial charge in [0.25, 0.3) is 0 Å². The Morgan fingerprint density at radius 1 is 1.12 bits per heavy atom. The van der Waals surface area contributed by atoms with Crippen molar-refractivity contribution in [2.24, 2.45) is 0 Å². The fourth-order valence-corrected chi connectivity index (χ4v) is 3.32. The second-order valence-electron chi connectivity index (χ2n) is 6.45. The molecule has 2 aromatic rings. The van der Waals surface area contributed by atoms with Crippen LogP contribution in [0.1, 0.15) is 17.5 Å². The van der Waals surface area contributed by atoms with Crippen LogP contribution in [0.2, 0.25) is 5.02 Å². The van der Waals surface area contributed by atoms with Gasteiger partial charge in [0.05, 0.1) is 20.3 Å². The van der Waals surface area contributed by atoms with Gasteiger partial charge in [-0.3, -0.25) is 4.90 Å². The molecule has 5 heteroatoms. The van der Waals surface area contributed by atoms with E-state index in [1.165, 1.54) is 0 Å². The van der Waals surface area contributed by atoms with Gasteiger partial charge in [0.15, 0.2) is 0 Å². The van der Waals surface area contributed by atoms with E-state index in [0.717, 1.165) is 73.3 Å². The lowest BCUT2D eigenvalue weighted by Crippen LogP contribution is -2.36. The summed E-state index contributed by atoms with van der Waals surface area (Å²) >= 11 is 6.20. The van der Waals surface area contributed by atoms with Crippen molar-refractivity contribution in [1.82, 2.24) is 4.90 Å². The third-order valence-corrected chi connectivity index (χ3v) is 4.81. The number of aryl methyl sites for hydroxylation is 1. The lowest BCUT2D eigenvalue weighted by atomic mass is 10.1. The van der Waals surface area contributed by atoms with Crippen molar-refractivity contribution in [3.05, 3.63) is 58.6 Å². The Morgan fingerprint density at radius 2 is 1.96 bits per heavy atom. The molecular formula is C21H26ClNO3. The molecule has 4 nitrogen and oxygen atoms in total. The number of methoxy groups -OCH3 is 1. The minimum atomic E-state index is 0.509. The summed E-state index contributed by atoms with van der Waals surface area (Å²) in [5, 5.41) is 0.750. The molecule has 0 amide bonds. The van der Waals surface area contributed by atoms with Crippen molar-refractivity contribution in [2.45, 2.75) is 19.4 Å². The molecule has 3 rings (SSSR count). The van der Waals surface area contributed by atoms with E-state index >= 15 is 0 Å². The largest absolute Gasteiger partial charge is 0.497 e. The first-order valence-electron chi connectivity index (χ1n) is 9.09. The molecule has 0 unspecified atom stereocenters. The molecule has 0 atom stereocenters. The molecular weight excluding hydrogens is 350 g/mol. The SMILES string of the molecule is COc1cccc(COc2ccc(Cl)cc2CCCN2CCOCC2)c1. The molecule has 0 radical (unpaired) electrons. The van der Waals surface area contributed by atoms with Crippen molar-refractivity contribution < 1.29 is 14.2 Å². The molecule has 0 aromatic heterocycles. The van der Waals surface area contributed by atoms with E-state index < -0.39 is 0 Å². The predicted octanol–water partition coefficient (Wildman–Crippen LogP) is 4.19. The molecule has 0 spiro atoms. The van der Waals surface area contributed by atoms with Crippen molar-refractivity contribution in [3.8, 4) is 11.5 Å². The highest BCUT2D eigenvalue weighted by molar-refractivity contribution is 6.30. The summed E-state index contributed by atoms with van der Waals surface area (Å²) in [6.45, 7) is 5.31. The fraction of sp³-hybridized carbons (Fsp3) is 0.429. The van der Waals surface area contributed by atoms with Gasteiger partial charge in [0.1, 0.15) is 18.1 Å². The highest BCUT2D eigenvalue weighted by Crippen LogP contribution is 2.26. The van der Waals surface area contributed by atoms with E-state index in [-0.39, 0.29) is 0 Å². The maximum atomic E-state index is 6.20. The highest BCUT2D eigenvalue weighted by atomic mass is 35.5. The molecule has 1 aliphatic rings. The highest BCUT2D eigenvalue weighted by Gasteiger charge is 2.11. The summed E-state index contributed by atoms with van der Waals surface area (Å²) < 4.78 is 16.7. The molecule has 0 bridgehead atoms. The average Bonchev–Trinajstić information content (AvgIpc) is 2.68. The minimum absolute atomic E-state index is 0.509. The minimum Gasteiger partial charge on any atom is -0.497 e. The number of ether oxygens (including phenoxy) is 3. The summed E-state index contributed by atoms with van der Waals surface area (Å²) in [7, 11) is 1.67. The summed E-state index contributed by atoms with van der Waals surface area (Å²) in [6.07, 6.45) is 2.03. The number of morpholine rings is 1. The molecule has 0 aliphatic carbocycles. The Morgan fingerprint density at radius 3 is 2.77 bits per heavy atom. The van der Waals surface area contributed by atoms with Gasteiger partial charge < -0.3 is 14.2 Å². The summed E-state index contributed by atoms with van der Waals surface area (Å²) in [5.41, 5.74) is 2.24. The zero-order valence-electron chi connectivity index (χ0n) is 15.2. The molecule has 2 aromatic carbocycles. The first kappa shape index (κ1) is 19.0. The third-order valence-electron chi connectivity index (χ3n) is 4.58. The van der Waals surface area contributed by atoms with Gasteiger partial charge in [0, 0.05) is 18.1 Å². The Hall–Kier alpha value is -1.75. The van der Waals surface area contributed by atoms with Crippen LogP contribution in [0.4, 0.5) is 0 Å². The van der Waals surface area contributed by atoms with Crippen LogP contribution >= 0.6 is 11.6 Å². The number of nitrogens with zero attached hydrogens (tertiary/aromatic N) is 1. The van der Waals surface area contributed by atoms with Crippen LogP contribution in [0, 0.1) is 0 Å². The van der Waals surface area contributed by atoms with Crippen LogP contribution in [-0.4, -0.2) is 44.9 Å². The maximum Gasteiger partial charge on any atom is 0.123 e. The lowest BCUT2D eigenvalue weighted by Gasteiger charge is -2.26. The first-order chi connectivity index (χ1) is 12.7. The first-order valence-corrected chi connectivity index (χ1v) is 9.46. The third kappa shape index (κ3) is 5.63. The second-order valence-corrected chi connectivity index (χ2v) is 6.89. The van der Waals surface area contributed by atoms with Gasteiger partial charge in [-0.1, -0.05) is 23.7 Å². The molecule has 1 aliphatic heterocycles. The lowest BCUT2D eigenvalue weighted by molar-refractivity contribution is 0.0374. The van der Waals surface area contributed by atoms with E-state index in [1.807, 2.05) is 42.5 Å². The summed E-state index contributed by atoms with van der Waals surface area (Å²) in [4.78, 5) is 2.45. The van der Waals surface area contributed by atoms with Gasteiger partial charge in [-0.25, -0.2) is 0 Å². The van der Waals surface area contributed by atoms with E-state index in [2.05, 4.69) is 4.90 Å². The van der Waals surface area contributed by atoms with E-state index in [9.17, 15) is 0 Å². The number of halogens is 1. The predicted molar refractivity (Wildman–Crippen MR) is 104 cm³/mol. The number of benzene rings is 2. The zero-order chi connectivity index (χ0) is 18.2. The van der Waals surface area contributed by atoms with Gasteiger partial charge in [-0.05, 0) is 60.8 Å². The van der Waals surface area contributed by atoms with Crippen LogP contribution in [0.25, 0.3) is 0 Å². The molecule has 0 saturated carbocycles. The Bertz CT molecular complexity index is 701. The van der Waals surface area contributed by atoms with Gasteiger partial charge in [-0.2, -0.15) is 0 Å². The Labute approximate surface area is 160 Å². The standard InChI is InChI=1S/C21H26ClNO3/c1-24-20-6-2-4-17(14-20)16-26-21-8-7-19(22)15-18(21)5-3-9-23-10-12-25-13-11-23/h2,4,6-8,14-15H,3,5,9-13,16H2,1H3. The van der Waals surface area contributed by atoms with Gasteiger partial charge >= 0.3 is 0 Å². The van der Waals surface area contributed by atoms with Crippen molar-refractivity contribution in [2.75, 3.05) is 40.0 Å². The second kappa shape index (κ2) is 9.81. The quantitative estimate of drug-likeness (QED) is 0.692. The molecule has 1 fully saturated rings. The monoisotopic (exact) mass is 375 g/mol. The van der Waals surface area contributed by atoms with Gasteiger partial charge in [-0.15, -0.1) is 0 Å². The maximum absolute atomic E-state index is 6.20. The normalized spacial score (nSPS) is 15.0. The molecule has 1 heterocycles. The Kier molecular flexibility index (Phi) is 7.18. The number of hydrogen-bond acceptors (Lipinski definition) is 4. The van der Waals surface area contributed by atoms with Crippen LogP contribution in [-0.2, 0) is 17.8 Å². The Balaban J connectivity index is 1.57. The fourth-order valence-electron chi connectivity index (χ4n) is 3.13. The van der Waals surface area contributed by atoms with E-state index in [0.29, 0.717) is 6.61 Å². The summed E-state index contributed by atoms with van der Waals surface area (Å²) in [5.74, 6) is 1.74. The van der Waals surface area contributed by atoms with Crippen LogP contribution in [0.3, 0.4) is 0 Å². The van der Waals surface area contributed by atoms with Crippen LogP contribution in [0.15, 0.2) is 42.5 Å². The number of hydrogen-bond donors (Lipinski definition) is 0. The van der Waals surface area contributed by atoms with Crippen molar-refractivity contribution in [1.29, 1.82) is 0 Å². The van der Waals surface area contributed by atoms with E-state index in [4.69, 9.17) is 25.8 Å². The topological polar surface area (TPSA) is 30.9 Å². The molecule has 140 valence electrons. The number of rotatable bonds is 8. The van der Waals surface area contributed by atoms with Crippen LogP contribution in [0.5, 0.6) is 11.5 Å².